The Bertz CT molecular complexity index is 211. The van der Waals surface area contributed by atoms with Gasteiger partial charge >= 0.3 is 0 Å². The molecule has 2 heterocycles. The van der Waals surface area contributed by atoms with E-state index in [0.29, 0.717) is 11.8 Å². The molecule has 0 radical (unpaired) electrons. The van der Waals surface area contributed by atoms with Crippen LogP contribution in [0.4, 0.5) is 0 Å². The predicted molar refractivity (Wildman–Crippen MR) is 57.2 cm³/mol. The van der Waals surface area contributed by atoms with E-state index >= 15 is 0 Å². The van der Waals surface area contributed by atoms with Crippen molar-refractivity contribution in [3.63, 3.8) is 0 Å². The van der Waals surface area contributed by atoms with Crippen molar-refractivity contribution in [2.75, 3.05) is 26.4 Å². The van der Waals surface area contributed by atoms with Crippen LogP contribution in [-0.4, -0.2) is 26.4 Å². The molecule has 3 nitrogen and oxygen atoms in total. The lowest BCUT2D eigenvalue weighted by Gasteiger charge is -2.09. The van der Waals surface area contributed by atoms with Gasteiger partial charge in [0.2, 0.25) is 0 Å². The summed E-state index contributed by atoms with van der Waals surface area (Å²) in [6.45, 7) is 3.30. The van der Waals surface area contributed by atoms with Gasteiger partial charge in [-0.3, -0.25) is 0 Å². The lowest BCUT2D eigenvalue weighted by Crippen LogP contribution is -2.08. The lowest BCUT2D eigenvalue weighted by molar-refractivity contribution is 0.105. The first-order chi connectivity index (χ1) is 7.45. The SMILES string of the molecule is C1=CC(CCOCCC2C=COC2)CO1. The highest BCUT2D eigenvalue weighted by molar-refractivity contribution is 4.89. The van der Waals surface area contributed by atoms with Gasteiger partial charge in [-0.2, -0.15) is 0 Å². The number of rotatable bonds is 6. The summed E-state index contributed by atoms with van der Waals surface area (Å²) in [5.74, 6) is 1.11. The third kappa shape index (κ3) is 3.59. The van der Waals surface area contributed by atoms with Crippen LogP contribution in [0.3, 0.4) is 0 Å². The second-order valence-electron chi connectivity index (χ2n) is 4.03. The fourth-order valence-electron chi connectivity index (χ4n) is 1.73. The van der Waals surface area contributed by atoms with Gasteiger partial charge in [-0.05, 0) is 25.0 Å². The first kappa shape index (κ1) is 10.6. The maximum absolute atomic E-state index is 5.58. The summed E-state index contributed by atoms with van der Waals surface area (Å²) in [5.41, 5.74) is 0. The molecule has 0 aromatic rings. The van der Waals surface area contributed by atoms with Crippen LogP contribution in [0, 0.1) is 11.8 Å². The van der Waals surface area contributed by atoms with Gasteiger partial charge in [0.1, 0.15) is 0 Å². The van der Waals surface area contributed by atoms with E-state index in [0.717, 1.165) is 39.3 Å². The Hall–Kier alpha value is -0.960. The average Bonchev–Trinajstić information content (AvgIpc) is 2.88. The van der Waals surface area contributed by atoms with Crippen molar-refractivity contribution in [2.24, 2.45) is 11.8 Å². The van der Waals surface area contributed by atoms with Crippen molar-refractivity contribution in [3.05, 3.63) is 24.7 Å². The second kappa shape index (κ2) is 5.81. The molecule has 0 amide bonds. The molecule has 2 aliphatic rings. The van der Waals surface area contributed by atoms with Crippen molar-refractivity contribution >= 4 is 0 Å². The number of hydrogen-bond acceptors (Lipinski definition) is 3. The predicted octanol–water partition coefficient (Wildman–Crippen LogP) is 2.10. The van der Waals surface area contributed by atoms with E-state index in [4.69, 9.17) is 14.2 Å². The number of hydrogen-bond donors (Lipinski definition) is 0. The third-order valence-electron chi connectivity index (χ3n) is 2.78. The summed E-state index contributed by atoms with van der Waals surface area (Å²) in [6.07, 6.45) is 9.91. The van der Waals surface area contributed by atoms with E-state index in [9.17, 15) is 0 Å². The fraction of sp³-hybridized carbons (Fsp3) is 0.667. The van der Waals surface area contributed by atoms with Gasteiger partial charge in [-0.1, -0.05) is 0 Å². The van der Waals surface area contributed by atoms with Gasteiger partial charge in [-0.15, -0.1) is 0 Å². The topological polar surface area (TPSA) is 27.7 Å². The van der Waals surface area contributed by atoms with Crippen molar-refractivity contribution in [2.45, 2.75) is 12.8 Å². The minimum Gasteiger partial charge on any atom is -0.501 e. The van der Waals surface area contributed by atoms with Gasteiger partial charge in [0.05, 0.1) is 25.7 Å². The highest BCUT2D eigenvalue weighted by Crippen LogP contribution is 2.14. The molecule has 0 aliphatic carbocycles. The lowest BCUT2D eigenvalue weighted by atomic mass is 10.1. The molecule has 0 saturated carbocycles. The van der Waals surface area contributed by atoms with Gasteiger partial charge in [0.25, 0.3) is 0 Å². The molecule has 2 atom stereocenters. The van der Waals surface area contributed by atoms with Crippen molar-refractivity contribution in [1.29, 1.82) is 0 Å². The van der Waals surface area contributed by atoms with Crippen LogP contribution >= 0.6 is 0 Å². The Morgan fingerprint density at radius 2 is 1.47 bits per heavy atom. The molecule has 2 rings (SSSR count). The zero-order chi connectivity index (χ0) is 10.3. The van der Waals surface area contributed by atoms with Crippen molar-refractivity contribution < 1.29 is 14.2 Å². The van der Waals surface area contributed by atoms with Crippen LogP contribution in [0.25, 0.3) is 0 Å². The van der Waals surface area contributed by atoms with Crippen molar-refractivity contribution in [3.8, 4) is 0 Å². The molecule has 0 aromatic carbocycles. The van der Waals surface area contributed by atoms with Gasteiger partial charge in [0, 0.05) is 25.0 Å². The zero-order valence-corrected chi connectivity index (χ0v) is 8.93. The summed E-state index contributed by atoms with van der Waals surface area (Å²) in [6, 6.07) is 0. The Kier molecular flexibility index (Phi) is 4.09. The molecule has 0 bridgehead atoms. The molecule has 0 saturated heterocycles. The average molecular weight is 210 g/mol. The highest BCUT2D eigenvalue weighted by atomic mass is 16.5. The minimum absolute atomic E-state index is 0.555. The Labute approximate surface area is 90.7 Å². The molecule has 3 heteroatoms. The maximum atomic E-state index is 5.58. The molecule has 84 valence electrons. The number of ether oxygens (including phenoxy) is 3. The van der Waals surface area contributed by atoms with E-state index in [1.165, 1.54) is 0 Å². The van der Waals surface area contributed by atoms with Crippen LogP contribution in [0.1, 0.15) is 12.8 Å². The molecule has 0 spiro atoms. The molecule has 2 unspecified atom stereocenters. The molecule has 0 N–H and O–H groups in total. The van der Waals surface area contributed by atoms with Crippen molar-refractivity contribution in [1.82, 2.24) is 0 Å². The Balaban J connectivity index is 1.44. The largest absolute Gasteiger partial charge is 0.501 e. The molecular formula is C12H18O3. The quantitative estimate of drug-likeness (QED) is 0.628. The van der Waals surface area contributed by atoms with E-state index in [1.54, 1.807) is 12.5 Å². The molecule has 15 heavy (non-hydrogen) atoms. The summed E-state index contributed by atoms with van der Waals surface area (Å²) in [7, 11) is 0. The summed E-state index contributed by atoms with van der Waals surface area (Å²) < 4.78 is 15.8. The minimum atomic E-state index is 0.555. The van der Waals surface area contributed by atoms with Crippen LogP contribution in [0.5, 0.6) is 0 Å². The van der Waals surface area contributed by atoms with Crippen LogP contribution in [0.2, 0.25) is 0 Å². The van der Waals surface area contributed by atoms with Crippen LogP contribution in [-0.2, 0) is 14.2 Å². The standard InChI is InChI=1S/C12H18O3/c1(11-3-7-14-9-11)5-13-6-2-12-4-8-15-10-12/h3-4,7-8,11-12H,1-2,5-6,9-10H2. The molecule has 0 fully saturated rings. The van der Waals surface area contributed by atoms with E-state index in [1.807, 2.05) is 0 Å². The highest BCUT2D eigenvalue weighted by Gasteiger charge is 2.11. The molecule has 2 aliphatic heterocycles. The van der Waals surface area contributed by atoms with Gasteiger partial charge in [0.15, 0.2) is 0 Å². The van der Waals surface area contributed by atoms with Crippen LogP contribution in [0.15, 0.2) is 24.7 Å². The Morgan fingerprint density at radius 3 is 1.87 bits per heavy atom. The van der Waals surface area contributed by atoms with E-state index < -0.39 is 0 Å². The van der Waals surface area contributed by atoms with E-state index in [-0.39, 0.29) is 0 Å². The summed E-state index contributed by atoms with van der Waals surface area (Å²) in [5, 5.41) is 0. The first-order valence-corrected chi connectivity index (χ1v) is 5.59. The smallest absolute Gasteiger partial charge is 0.0937 e. The summed E-state index contributed by atoms with van der Waals surface area (Å²) in [4.78, 5) is 0. The maximum Gasteiger partial charge on any atom is 0.0937 e. The normalized spacial score (nSPS) is 28.0. The van der Waals surface area contributed by atoms with Gasteiger partial charge < -0.3 is 14.2 Å². The van der Waals surface area contributed by atoms with Crippen LogP contribution < -0.4 is 0 Å². The Morgan fingerprint density at radius 1 is 0.933 bits per heavy atom. The first-order valence-electron chi connectivity index (χ1n) is 5.59. The molecule has 0 aromatic heterocycles. The van der Waals surface area contributed by atoms with Gasteiger partial charge in [-0.25, -0.2) is 0 Å². The summed E-state index contributed by atoms with van der Waals surface area (Å²) >= 11 is 0. The fourth-order valence-corrected chi connectivity index (χ4v) is 1.73. The third-order valence-corrected chi connectivity index (χ3v) is 2.78. The zero-order valence-electron chi connectivity index (χ0n) is 8.93. The van der Waals surface area contributed by atoms with E-state index in [2.05, 4.69) is 12.2 Å². The second-order valence-corrected chi connectivity index (χ2v) is 4.03. The molecular weight excluding hydrogens is 192 g/mol. The monoisotopic (exact) mass is 210 g/mol.